The molecule has 0 aliphatic heterocycles. The van der Waals surface area contributed by atoms with Crippen LogP contribution in [0.5, 0.6) is 0 Å². The second kappa shape index (κ2) is 5.16. The first-order valence-electron chi connectivity index (χ1n) is 4.89. The molecule has 0 saturated heterocycles. The number of aliphatic carboxylic acids is 1. The number of carboxylic acid groups (broad SMARTS) is 1. The molecular weight excluding hydrogens is 222 g/mol. The second-order valence-corrected chi connectivity index (χ2v) is 3.53. The van der Waals surface area contributed by atoms with Crippen molar-refractivity contribution in [3.8, 4) is 0 Å². The molecule has 3 N–H and O–H groups in total. The summed E-state index contributed by atoms with van der Waals surface area (Å²) in [6, 6.07) is 7.05. The minimum atomic E-state index is -0.833. The van der Waals surface area contributed by atoms with E-state index in [1.165, 1.54) is 0 Å². The Hall–Kier alpha value is -2.30. The zero-order valence-electron chi connectivity index (χ0n) is 9.56. The van der Waals surface area contributed by atoms with Crippen LogP contribution in [0.2, 0.25) is 0 Å². The van der Waals surface area contributed by atoms with E-state index in [2.05, 4.69) is 0 Å². The standard InChI is InChI=1S/C10H9NO2.C2H4O2/c1-6-4-7-2-3-8(11)5-9(7)13-10(6)12;1-2(3)4/h2-5H,11H2,1H3;1H3,(H,3,4). The molecule has 0 radical (unpaired) electrons. The number of rotatable bonds is 0. The fourth-order valence-corrected chi connectivity index (χ4v) is 1.23. The van der Waals surface area contributed by atoms with Crippen molar-refractivity contribution >= 4 is 22.6 Å². The molecule has 0 amide bonds. The maximum absolute atomic E-state index is 11.1. The SMILES string of the molecule is CC(=O)O.Cc1cc2ccc(N)cc2oc1=O. The van der Waals surface area contributed by atoms with Crippen LogP contribution in [-0.4, -0.2) is 11.1 Å². The van der Waals surface area contributed by atoms with Gasteiger partial charge in [0.2, 0.25) is 0 Å². The normalized spacial score (nSPS) is 9.53. The van der Waals surface area contributed by atoms with Crippen molar-refractivity contribution in [3.05, 3.63) is 40.2 Å². The highest BCUT2D eigenvalue weighted by Crippen LogP contribution is 2.16. The van der Waals surface area contributed by atoms with E-state index >= 15 is 0 Å². The van der Waals surface area contributed by atoms with Gasteiger partial charge in [0.25, 0.3) is 5.97 Å². The Labute approximate surface area is 97.5 Å². The lowest BCUT2D eigenvalue weighted by Gasteiger charge is -1.98. The predicted molar refractivity (Wildman–Crippen MR) is 64.9 cm³/mol. The van der Waals surface area contributed by atoms with Gasteiger partial charge in [-0.15, -0.1) is 0 Å². The van der Waals surface area contributed by atoms with Crippen LogP contribution in [0, 0.1) is 6.92 Å². The molecule has 0 aliphatic carbocycles. The topological polar surface area (TPSA) is 93.5 Å². The quantitative estimate of drug-likeness (QED) is 0.536. The first-order chi connectivity index (χ1) is 7.90. The second-order valence-electron chi connectivity index (χ2n) is 3.53. The summed E-state index contributed by atoms with van der Waals surface area (Å²) in [6.07, 6.45) is 0. The lowest BCUT2D eigenvalue weighted by molar-refractivity contribution is -0.134. The van der Waals surface area contributed by atoms with E-state index in [-0.39, 0.29) is 5.63 Å². The Morgan fingerprint density at radius 3 is 2.53 bits per heavy atom. The van der Waals surface area contributed by atoms with Crippen molar-refractivity contribution in [1.82, 2.24) is 0 Å². The first kappa shape index (κ1) is 12.8. The summed E-state index contributed by atoms with van der Waals surface area (Å²) in [5, 5.41) is 8.31. The Bertz CT molecular complexity index is 597. The molecule has 90 valence electrons. The molecule has 2 rings (SSSR count). The molecule has 5 heteroatoms. The van der Waals surface area contributed by atoms with Gasteiger partial charge in [0, 0.05) is 29.6 Å². The van der Waals surface area contributed by atoms with E-state index in [4.69, 9.17) is 20.1 Å². The summed E-state index contributed by atoms with van der Waals surface area (Å²) in [7, 11) is 0. The van der Waals surface area contributed by atoms with Gasteiger partial charge in [-0.3, -0.25) is 4.79 Å². The van der Waals surface area contributed by atoms with Crippen LogP contribution in [-0.2, 0) is 4.79 Å². The third-order valence-corrected chi connectivity index (χ3v) is 1.93. The van der Waals surface area contributed by atoms with Gasteiger partial charge >= 0.3 is 5.63 Å². The Kier molecular flexibility index (Phi) is 3.87. The van der Waals surface area contributed by atoms with Gasteiger partial charge in [0.1, 0.15) is 5.58 Å². The summed E-state index contributed by atoms with van der Waals surface area (Å²) in [5.74, 6) is -0.833. The largest absolute Gasteiger partial charge is 0.481 e. The lowest BCUT2D eigenvalue weighted by Crippen LogP contribution is -2.01. The predicted octanol–water partition coefficient (Wildman–Crippen LogP) is 1.77. The Morgan fingerprint density at radius 2 is 1.94 bits per heavy atom. The van der Waals surface area contributed by atoms with Crippen LogP contribution < -0.4 is 11.4 Å². The maximum Gasteiger partial charge on any atom is 0.339 e. The zero-order chi connectivity index (χ0) is 13.0. The van der Waals surface area contributed by atoms with Crippen molar-refractivity contribution in [2.24, 2.45) is 0 Å². The van der Waals surface area contributed by atoms with Crippen LogP contribution in [0.3, 0.4) is 0 Å². The fourth-order valence-electron chi connectivity index (χ4n) is 1.23. The smallest absolute Gasteiger partial charge is 0.339 e. The Balaban J connectivity index is 0.000000317. The molecule has 1 heterocycles. The maximum atomic E-state index is 11.1. The molecule has 0 spiro atoms. The number of fused-ring (bicyclic) bond motifs is 1. The van der Waals surface area contributed by atoms with Crippen LogP contribution in [0.25, 0.3) is 11.0 Å². The third-order valence-electron chi connectivity index (χ3n) is 1.93. The molecule has 17 heavy (non-hydrogen) atoms. The molecule has 2 aromatic rings. The highest BCUT2D eigenvalue weighted by Gasteiger charge is 2.00. The molecule has 0 atom stereocenters. The van der Waals surface area contributed by atoms with Gasteiger partial charge in [-0.1, -0.05) is 0 Å². The van der Waals surface area contributed by atoms with Gasteiger partial charge in [-0.25, -0.2) is 4.79 Å². The number of carboxylic acids is 1. The average molecular weight is 235 g/mol. The number of hydrogen-bond donors (Lipinski definition) is 2. The molecular formula is C12H13NO4. The van der Waals surface area contributed by atoms with E-state index in [0.29, 0.717) is 16.8 Å². The van der Waals surface area contributed by atoms with E-state index in [1.807, 2.05) is 6.07 Å². The van der Waals surface area contributed by atoms with E-state index < -0.39 is 5.97 Å². The minimum absolute atomic E-state index is 0.307. The highest BCUT2D eigenvalue weighted by atomic mass is 16.4. The molecule has 0 aliphatic rings. The molecule has 5 nitrogen and oxygen atoms in total. The molecule has 1 aromatic carbocycles. The summed E-state index contributed by atoms with van der Waals surface area (Å²) < 4.78 is 5.04. The first-order valence-corrected chi connectivity index (χ1v) is 4.89. The molecule has 0 fully saturated rings. The minimum Gasteiger partial charge on any atom is -0.481 e. The summed E-state index contributed by atoms with van der Waals surface area (Å²) >= 11 is 0. The monoisotopic (exact) mass is 235 g/mol. The van der Waals surface area contributed by atoms with Gasteiger partial charge in [0.05, 0.1) is 0 Å². The third kappa shape index (κ3) is 3.64. The van der Waals surface area contributed by atoms with E-state index in [9.17, 15) is 4.79 Å². The molecule has 1 aromatic heterocycles. The van der Waals surface area contributed by atoms with Crippen molar-refractivity contribution in [2.45, 2.75) is 13.8 Å². The number of carbonyl (C=O) groups is 1. The van der Waals surface area contributed by atoms with Gasteiger partial charge in [-0.05, 0) is 25.1 Å². The number of nitrogens with two attached hydrogens (primary N) is 1. The summed E-state index contributed by atoms with van der Waals surface area (Å²) in [4.78, 5) is 20.1. The highest BCUT2D eigenvalue weighted by molar-refractivity contribution is 5.80. The average Bonchev–Trinajstić information content (AvgIpc) is 2.19. The molecule has 0 bridgehead atoms. The summed E-state index contributed by atoms with van der Waals surface area (Å²) in [5.41, 5.74) is 6.99. The molecule has 0 saturated carbocycles. The van der Waals surface area contributed by atoms with E-state index in [1.54, 1.807) is 25.1 Å². The number of anilines is 1. The molecule has 0 unspecified atom stereocenters. The van der Waals surface area contributed by atoms with Crippen LogP contribution in [0.4, 0.5) is 5.69 Å². The zero-order valence-corrected chi connectivity index (χ0v) is 9.56. The van der Waals surface area contributed by atoms with Crippen LogP contribution >= 0.6 is 0 Å². The van der Waals surface area contributed by atoms with Crippen LogP contribution in [0.1, 0.15) is 12.5 Å². The number of benzene rings is 1. The number of hydrogen-bond acceptors (Lipinski definition) is 4. The Morgan fingerprint density at radius 1 is 1.35 bits per heavy atom. The van der Waals surface area contributed by atoms with Gasteiger partial charge < -0.3 is 15.3 Å². The van der Waals surface area contributed by atoms with Crippen molar-refractivity contribution < 1.29 is 14.3 Å². The van der Waals surface area contributed by atoms with Crippen molar-refractivity contribution in [1.29, 1.82) is 0 Å². The van der Waals surface area contributed by atoms with Gasteiger partial charge in [0.15, 0.2) is 0 Å². The van der Waals surface area contributed by atoms with E-state index in [0.717, 1.165) is 12.3 Å². The lowest BCUT2D eigenvalue weighted by atomic mass is 10.2. The van der Waals surface area contributed by atoms with Crippen LogP contribution in [0.15, 0.2) is 33.5 Å². The van der Waals surface area contributed by atoms with Crippen molar-refractivity contribution in [2.75, 3.05) is 5.73 Å². The summed E-state index contributed by atoms with van der Waals surface area (Å²) in [6.45, 7) is 2.81. The fraction of sp³-hybridized carbons (Fsp3) is 0.167. The number of nitrogen functional groups attached to an aromatic ring is 1. The number of aryl methyl sites for hydroxylation is 1. The van der Waals surface area contributed by atoms with Crippen molar-refractivity contribution in [3.63, 3.8) is 0 Å². The van der Waals surface area contributed by atoms with Gasteiger partial charge in [-0.2, -0.15) is 0 Å².